The van der Waals surface area contributed by atoms with Crippen molar-refractivity contribution in [2.24, 2.45) is 0 Å². The summed E-state index contributed by atoms with van der Waals surface area (Å²) in [5.74, 6) is -0.297. The van der Waals surface area contributed by atoms with Crippen LogP contribution < -0.4 is 0 Å². The summed E-state index contributed by atoms with van der Waals surface area (Å²) in [5.41, 5.74) is 4.38. The predicted octanol–water partition coefficient (Wildman–Crippen LogP) is 4.47. The van der Waals surface area contributed by atoms with Crippen LogP contribution in [0.4, 0.5) is 0 Å². The number of aromatic hydroxyl groups is 1. The van der Waals surface area contributed by atoms with E-state index >= 15 is 0 Å². The number of aliphatic hydroxyl groups is 1. The minimum Gasteiger partial charge on any atom is -0.506 e. The van der Waals surface area contributed by atoms with Crippen molar-refractivity contribution in [3.8, 4) is 28.1 Å². The standard InChI is InChI=1S/C25H22N2O3/c1-27(2)25(30)22-13-21(19-9-5-6-10-20(19)24(22)29)23-12-11-16(14-26-23)18-8-4-3-7-17(18)15-28/h3-14,28-29H,15H2,1-2H3. The molecule has 1 heterocycles. The SMILES string of the molecule is CN(C)C(=O)c1cc(-c2ccc(-c3ccccc3CO)cn2)c2ccccc2c1O. The third-order valence-electron chi connectivity index (χ3n) is 5.19. The molecule has 0 aliphatic rings. The van der Waals surface area contributed by atoms with Crippen LogP contribution in [0.15, 0.2) is 72.9 Å². The van der Waals surface area contributed by atoms with Crippen molar-refractivity contribution in [3.05, 3.63) is 84.1 Å². The van der Waals surface area contributed by atoms with Crippen molar-refractivity contribution >= 4 is 16.7 Å². The number of rotatable bonds is 4. The average molecular weight is 398 g/mol. The number of carbonyl (C=O) groups is 1. The van der Waals surface area contributed by atoms with Gasteiger partial charge in [0, 0.05) is 36.8 Å². The molecule has 0 aliphatic carbocycles. The summed E-state index contributed by atoms with van der Waals surface area (Å²) in [6, 6.07) is 20.6. The molecule has 1 aromatic heterocycles. The van der Waals surface area contributed by atoms with Gasteiger partial charge in [-0.1, -0.05) is 54.6 Å². The Balaban J connectivity index is 1.87. The summed E-state index contributed by atoms with van der Waals surface area (Å²) in [7, 11) is 3.31. The second-order valence-electron chi connectivity index (χ2n) is 7.31. The third kappa shape index (κ3) is 3.40. The molecule has 0 spiro atoms. The van der Waals surface area contributed by atoms with Gasteiger partial charge in [-0.2, -0.15) is 0 Å². The maximum atomic E-state index is 12.6. The fourth-order valence-electron chi connectivity index (χ4n) is 3.63. The normalized spacial score (nSPS) is 10.9. The lowest BCUT2D eigenvalue weighted by Gasteiger charge is -2.16. The van der Waals surface area contributed by atoms with Gasteiger partial charge in [0.2, 0.25) is 0 Å². The molecule has 5 nitrogen and oxygen atoms in total. The summed E-state index contributed by atoms with van der Waals surface area (Å²) in [6.45, 7) is -0.0451. The van der Waals surface area contributed by atoms with Gasteiger partial charge in [-0.05, 0) is 28.6 Å². The van der Waals surface area contributed by atoms with E-state index in [1.165, 1.54) is 4.90 Å². The molecule has 3 aromatic carbocycles. The van der Waals surface area contributed by atoms with Gasteiger partial charge in [0.05, 0.1) is 17.9 Å². The number of hydrogen-bond acceptors (Lipinski definition) is 4. The molecule has 0 fully saturated rings. The second kappa shape index (κ2) is 7.97. The van der Waals surface area contributed by atoms with E-state index < -0.39 is 0 Å². The molecule has 5 heteroatoms. The Kier molecular flexibility index (Phi) is 5.21. The highest BCUT2D eigenvalue weighted by Gasteiger charge is 2.19. The molecular formula is C25H22N2O3. The van der Waals surface area contributed by atoms with Gasteiger partial charge in [0.15, 0.2) is 0 Å². The van der Waals surface area contributed by atoms with Crippen LogP contribution >= 0.6 is 0 Å². The fraction of sp³-hybridized carbons (Fsp3) is 0.120. The zero-order valence-corrected chi connectivity index (χ0v) is 16.8. The van der Waals surface area contributed by atoms with Crippen molar-refractivity contribution in [1.82, 2.24) is 9.88 Å². The number of nitrogens with zero attached hydrogens (tertiary/aromatic N) is 2. The van der Waals surface area contributed by atoms with Crippen LogP contribution in [0, 0.1) is 0 Å². The molecule has 30 heavy (non-hydrogen) atoms. The van der Waals surface area contributed by atoms with Crippen LogP contribution in [0.1, 0.15) is 15.9 Å². The molecule has 0 saturated heterocycles. The van der Waals surface area contributed by atoms with E-state index in [1.807, 2.05) is 54.6 Å². The lowest BCUT2D eigenvalue weighted by molar-refractivity contribution is 0.0825. The number of aromatic nitrogens is 1. The van der Waals surface area contributed by atoms with E-state index in [0.29, 0.717) is 11.1 Å². The molecule has 1 amide bonds. The summed E-state index contributed by atoms with van der Waals surface area (Å²) in [4.78, 5) is 18.7. The highest BCUT2D eigenvalue weighted by Crippen LogP contribution is 2.37. The van der Waals surface area contributed by atoms with E-state index in [2.05, 4.69) is 4.98 Å². The smallest absolute Gasteiger partial charge is 0.257 e. The Hall–Kier alpha value is -3.70. The van der Waals surface area contributed by atoms with Gasteiger partial charge in [-0.15, -0.1) is 0 Å². The molecule has 4 rings (SSSR count). The van der Waals surface area contributed by atoms with Crippen molar-refractivity contribution in [1.29, 1.82) is 0 Å². The number of hydrogen-bond donors (Lipinski definition) is 2. The zero-order valence-electron chi connectivity index (χ0n) is 16.8. The highest BCUT2D eigenvalue weighted by molar-refractivity contribution is 6.08. The van der Waals surface area contributed by atoms with Crippen molar-refractivity contribution in [2.75, 3.05) is 14.1 Å². The molecule has 150 valence electrons. The maximum absolute atomic E-state index is 12.6. The molecular weight excluding hydrogens is 376 g/mol. The van der Waals surface area contributed by atoms with Gasteiger partial charge >= 0.3 is 0 Å². The second-order valence-corrected chi connectivity index (χ2v) is 7.31. The minimum absolute atomic E-state index is 0.0263. The topological polar surface area (TPSA) is 73.7 Å². The van der Waals surface area contributed by atoms with Gasteiger partial charge in [-0.25, -0.2) is 0 Å². The monoisotopic (exact) mass is 398 g/mol. The zero-order chi connectivity index (χ0) is 21.3. The van der Waals surface area contributed by atoms with Crippen LogP contribution in [0.25, 0.3) is 33.2 Å². The first kappa shape index (κ1) is 19.6. The quantitative estimate of drug-likeness (QED) is 0.532. The largest absolute Gasteiger partial charge is 0.506 e. The molecule has 0 bridgehead atoms. The molecule has 0 aliphatic heterocycles. The fourth-order valence-corrected chi connectivity index (χ4v) is 3.63. The first-order valence-corrected chi connectivity index (χ1v) is 9.63. The van der Waals surface area contributed by atoms with Gasteiger partial charge in [0.1, 0.15) is 5.75 Å². The number of amides is 1. The summed E-state index contributed by atoms with van der Waals surface area (Å²) < 4.78 is 0. The Morgan fingerprint density at radius 2 is 1.63 bits per heavy atom. The molecule has 0 unspecified atom stereocenters. The van der Waals surface area contributed by atoms with Crippen molar-refractivity contribution in [2.45, 2.75) is 6.61 Å². The lowest BCUT2D eigenvalue weighted by Crippen LogP contribution is -2.21. The number of fused-ring (bicyclic) bond motifs is 1. The molecule has 0 atom stereocenters. The Morgan fingerprint density at radius 3 is 2.30 bits per heavy atom. The minimum atomic E-state index is -0.270. The summed E-state index contributed by atoms with van der Waals surface area (Å²) >= 11 is 0. The summed E-state index contributed by atoms with van der Waals surface area (Å²) in [5, 5.41) is 21.7. The highest BCUT2D eigenvalue weighted by atomic mass is 16.3. The van der Waals surface area contributed by atoms with Gasteiger partial charge < -0.3 is 15.1 Å². The van der Waals surface area contributed by atoms with E-state index in [-0.39, 0.29) is 23.8 Å². The molecule has 0 radical (unpaired) electrons. The van der Waals surface area contributed by atoms with Crippen LogP contribution in [0.3, 0.4) is 0 Å². The molecule has 2 N–H and O–H groups in total. The van der Waals surface area contributed by atoms with E-state index in [1.54, 1.807) is 32.4 Å². The van der Waals surface area contributed by atoms with Crippen LogP contribution in [-0.2, 0) is 6.61 Å². The number of aliphatic hydroxyl groups excluding tert-OH is 1. The number of pyridine rings is 1. The van der Waals surface area contributed by atoms with Crippen LogP contribution in [0.5, 0.6) is 5.75 Å². The first-order valence-electron chi connectivity index (χ1n) is 9.63. The van der Waals surface area contributed by atoms with E-state index in [4.69, 9.17) is 0 Å². The molecule has 0 saturated carbocycles. The van der Waals surface area contributed by atoms with Crippen molar-refractivity contribution < 1.29 is 15.0 Å². The first-order chi connectivity index (χ1) is 14.5. The Labute approximate surface area is 174 Å². The Bertz CT molecular complexity index is 1230. The van der Waals surface area contributed by atoms with E-state index in [0.717, 1.165) is 27.6 Å². The number of phenolic OH excluding ortho intramolecular Hbond substituents is 1. The number of carbonyl (C=O) groups excluding carboxylic acids is 1. The summed E-state index contributed by atoms with van der Waals surface area (Å²) in [6.07, 6.45) is 1.76. The average Bonchev–Trinajstić information content (AvgIpc) is 2.79. The molecule has 4 aromatic rings. The van der Waals surface area contributed by atoms with Gasteiger partial charge in [0.25, 0.3) is 5.91 Å². The third-order valence-corrected chi connectivity index (χ3v) is 5.19. The maximum Gasteiger partial charge on any atom is 0.257 e. The van der Waals surface area contributed by atoms with Crippen LogP contribution in [0.2, 0.25) is 0 Å². The number of phenols is 1. The predicted molar refractivity (Wildman–Crippen MR) is 118 cm³/mol. The van der Waals surface area contributed by atoms with Crippen LogP contribution in [-0.4, -0.2) is 40.1 Å². The lowest BCUT2D eigenvalue weighted by atomic mass is 9.95. The van der Waals surface area contributed by atoms with Crippen molar-refractivity contribution in [3.63, 3.8) is 0 Å². The Morgan fingerprint density at radius 1 is 0.933 bits per heavy atom. The van der Waals surface area contributed by atoms with Gasteiger partial charge in [-0.3, -0.25) is 9.78 Å². The number of benzene rings is 3. The van der Waals surface area contributed by atoms with E-state index in [9.17, 15) is 15.0 Å².